The minimum Gasteiger partial charge on any atom is -0.481 e. The lowest BCUT2D eigenvalue weighted by Gasteiger charge is -1.98. The number of aromatic nitrogens is 1. The second-order valence-electron chi connectivity index (χ2n) is 2.50. The molecule has 0 amide bonds. The van der Waals surface area contributed by atoms with Crippen LogP contribution in [0.4, 0.5) is 5.82 Å². The summed E-state index contributed by atoms with van der Waals surface area (Å²) in [4.78, 5) is 33.2. The molecule has 0 aromatic carbocycles. The number of hydrogen-bond acceptors (Lipinski definition) is 4. The molecule has 0 atom stereocenters. The van der Waals surface area contributed by atoms with Gasteiger partial charge in [-0.25, -0.2) is 4.98 Å². The molecule has 74 valence electrons. The predicted molar refractivity (Wildman–Crippen MR) is 45.1 cm³/mol. The number of aliphatic carboxylic acids is 1. The van der Waals surface area contributed by atoms with Gasteiger partial charge >= 0.3 is 11.8 Å². The van der Waals surface area contributed by atoms with Gasteiger partial charge in [-0.2, -0.15) is 0 Å². The van der Waals surface area contributed by atoms with Crippen molar-refractivity contribution in [2.24, 2.45) is 0 Å². The molecule has 1 aromatic heterocycles. The van der Waals surface area contributed by atoms with Gasteiger partial charge in [-0.3, -0.25) is 9.59 Å². The Morgan fingerprint density at radius 3 is 2.79 bits per heavy atom. The number of rotatable bonds is 3. The Hall–Kier alpha value is -2.18. The van der Waals surface area contributed by atoms with Crippen molar-refractivity contribution in [3.63, 3.8) is 0 Å². The van der Waals surface area contributed by atoms with Gasteiger partial charge in [0.25, 0.3) is 0 Å². The standard InChI is InChI=1S/C7H6N2O5/c10-5-1-2-8-7(9(13)14)4(5)3-6(11)12/h1-2H,3H2,(H,8,10)(H,11,12). The topological polar surface area (TPSA) is 113 Å². The number of carbonyl (C=O) groups is 1. The van der Waals surface area contributed by atoms with Crippen LogP contribution in [0.2, 0.25) is 0 Å². The maximum absolute atomic E-state index is 11.1. The molecule has 0 radical (unpaired) electrons. The van der Waals surface area contributed by atoms with Gasteiger partial charge in [-0.1, -0.05) is 0 Å². The molecule has 7 nitrogen and oxygen atoms in total. The number of nitrogens with one attached hydrogen (secondary N) is 1. The third kappa shape index (κ3) is 1.94. The number of nitrogens with zero attached hydrogens (tertiary/aromatic N) is 1. The first kappa shape index (κ1) is 9.90. The lowest BCUT2D eigenvalue weighted by molar-refractivity contribution is -0.390. The number of carboxylic acids is 1. The van der Waals surface area contributed by atoms with E-state index in [-0.39, 0.29) is 5.56 Å². The van der Waals surface area contributed by atoms with Gasteiger partial charge in [0.15, 0.2) is 5.43 Å². The Balaban J connectivity index is 3.29. The van der Waals surface area contributed by atoms with E-state index in [2.05, 4.69) is 4.98 Å². The molecule has 7 heteroatoms. The Kier molecular flexibility index (Phi) is 2.61. The molecule has 0 spiro atoms. The van der Waals surface area contributed by atoms with E-state index < -0.39 is 28.6 Å². The maximum atomic E-state index is 11.1. The number of H-pyrrole nitrogens is 1. The molecule has 1 aromatic rings. The average Bonchev–Trinajstić information content (AvgIpc) is 2.07. The van der Waals surface area contributed by atoms with Crippen molar-refractivity contribution in [3.05, 3.63) is 38.2 Å². The van der Waals surface area contributed by atoms with E-state index in [0.29, 0.717) is 0 Å². The van der Waals surface area contributed by atoms with Crippen LogP contribution < -0.4 is 5.43 Å². The summed E-state index contributed by atoms with van der Waals surface area (Å²) in [5.74, 6) is -1.86. The molecular weight excluding hydrogens is 192 g/mol. The number of hydrogen-bond donors (Lipinski definition) is 2. The summed E-state index contributed by atoms with van der Waals surface area (Å²) < 4.78 is 0. The number of aromatic amines is 1. The van der Waals surface area contributed by atoms with Gasteiger partial charge in [0, 0.05) is 6.07 Å². The number of carboxylic acid groups (broad SMARTS) is 1. The van der Waals surface area contributed by atoms with Crippen molar-refractivity contribution in [1.29, 1.82) is 0 Å². The van der Waals surface area contributed by atoms with Gasteiger partial charge in [0.2, 0.25) is 0 Å². The molecule has 14 heavy (non-hydrogen) atoms. The van der Waals surface area contributed by atoms with Crippen LogP contribution in [0, 0.1) is 10.1 Å². The molecule has 0 saturated carbocycles. The number of nitro groups is 1. The Morgan fingerprint density at radius 1 is 1.64 bits per heavy atom. The molecule has 0 bridgehead atoms. The zero-order valence-corrected chi connectivity index (χ0v) is 6.89. The largest absolute Gasteiger partial charge is 0.481 e. The van der Waals surface area contributed by atoms with Crippen LogP contribution in [0.1, 0.15) is 5.56 Å². The fraction of sp³-hybridized carbons (Fsp3) is 0.143. The number of pyridine rings is 1. The monoisotopic (exact) mass is 198 g/mol. The second-order valence-corrected chi connectivity index (χ2v) is 2.50. The normalized spacial score (nSPS) is 9.71. The first-order valence-electron chi connectivity index (χ1n) is 3.59. The van der Waals surface area contributed by atoms with E-state index in [1.165, 1.54) is 0 Å². The summed E-state index contributed by atoms with van der Waals surface area (Å²) in [5, 5.41) is 18.8. The van der Waals surface area contributed by atoms with Crippen LogP contribution in [-0.2, 0) is 11.2 Å². The Bertz CT molecular complexity index is 436. The van der Waals surface area contributed by atoms with E-state index in [1.54, 1.807) is 0 Å². The maximum Gasteiger partial charge on any atom is 0.328 e. The molecule has 0 aliphatic heterocycles. The molecule has 0 aliphatic rings. The van der Waals surface area contributed by atoms with Crippen molar-refractivity contribution in [2.75, 3.05) is 0 Å². The van der Waals surface area contributed by atoms with E-state index in [1.807, 2.05) is 0 Å². The van der Waals surface area contributed by atoms with Crippen LogP contribution in [0.3, 0.4) is 0 Å². The van der Waals surface area contributed by atoms with Crippen LogP contribution in [0.5, 0.6) is 0 Å². The minimum absolute atomic E-state index is 0.343. The van der Waals surface area contributed by atoms with E-state index >= 15 is 0 Å². The van der Waals surface area contributed by atoms with E-state index in [0.717, 1.165) is 12.3 Å². The van der Waals surface area contributed by atoms with Gasteiger partial charge in [-0.15, -0.1) is 0 Å². The lowest BCUT2D eigenvalue weighted by Crippen LogP contribution is -2.16. The zero-order valence-electron chi connectivity index (χ0n) is 6.89. The minimum atomic E-state index is -1.29. The summed E-state index contributed by atoms with van der Waals surface area (Å²) >= 11 is 0. The third-order valence-electron chi connectivity index (χ3n) is 1.55. The molecule has 1 heterocycles. The fourth-order valence-electron chi connectivity index (χ4n) is 0.986. The summed E-state index contributed by atoms with van der Waals surface area (Å²) in [6.45, 7) is 0. The van der Waals surface area contributed by atoms with Crippen molar-refractivity contribution in [2.45, 2.75) is 6.42 Å². The van der Waals surface area contributed by atoms with Gasteiger partial charge in [0.05, 0.1) is 12.6 Å². The Labute approximate surface area is 77.2 Å². The highest BCUT2D eigenvalue weighted by Crippen LogP contribution is 2.10. The second kappa shape index (κ2) is 3.69. The van der Waals surface area contributed by atoms with Crippen LogP contribution >= 0.6 is 0 Å². The molecule has 0 unspecified atom stereocenters. The average molecular weight is 198 g/mol. The summed E-state index contributed by atoms with van der Waals surface area (Å²) in [6, 6.07) is 1.05. The van der Waals surface area contributed by atoms with Crippen LogP contribution in [0.15, 0.2) is 17.1 Å². The van der Waals surface area contributed by atoms with Crippen LogP contribution in [0.25, 0.3) is 0 Å². The fourth-order valence-corrected chi connectivity index (χ4v) is 0.986. The molecule has 0 fully saturated rings. The van der Waals surface area contributed by atoms with Crippen molar-refractivity contribution in [3.8, 4) is 0 Å². The summed E-state index contributed by atoms with van der Waals surface area (Å²) in [7, 11) is 0. The quantitative estimate of drug-likeness (QED) is 0.520. The molecular formula is C7H6N2O5. The van der Waals surface area contributed by atoms with E-state index in [4.69, 9.17) is 5.11 Å². The van der Waals surface area contributed by atoms with Crippen molar-refractivity contribution >= 4 is 11.8 Å². The molecule has 0 saturated heterocycles. The van der Waals surface area contributed by atoms with Gasteiger partial charge < -0.3 is 15.2 Å². The highest BCUT2D eigenvalue weighted by atomic mass is 16.6. The van der Waals surface area contributed by atoms with Crippen molar-refractivity contribution in [1.82, 2.24) is 4.98 Å². The van der Waals surface area contributed by atoms with Crippen molar-refractivity contribution < 1.29 is 14.8 Å². The molecule has 2 N–H and O–H groups in total. The molecule has 1 rings (SSSR count). The van der Waals surface area contributed by atoms with E-state index in [9.17, 15) is 19.7 Å². The zero-order chi connectivity index (χ0) is 10.7. The molecule has 0 aliphatic carbocycles. The highest BCUT2D eigenvalue weighted by Gasteiger charge is 2.17. The van der Waals surface area contributed by atoms with Crippen LogP contribution in [-0.4, -0.2) is 21.0 Å². The predicted octanol–water partition coefficient (Wildman–Crippen LogP) is -0.0898. The third-order valence-corrected chi connectivity index (χ3v) is 1.55. The summed E-state index contributed by atoms with van der Waals surface area (Å²) in [5.41, 5.74) is -0.997. The Morgan fingerprint density at radius 2 is 2.29 bits per heavy atom. The lowest BCUT2D eigenvalue weighted by atomic mass is 10.2. The first-order chi connectivity index (χ1) is 6.52. The smallest absolute Gasteiger partial charge is 0.328 e. The summed E-state index contributed by atoms with van der Waals surface area (Å²) in [6.07, 6.45) is 0.443. The van der Waals surface area contributed by atoms with Gasteiger partial charge in [-0.05, 0) is 4.92 Å². The SMILES string of the molecule is O=C(O)Cc1c([N+](=O)[O-])[nH]ccc1=O. The van der Waals surface area contributed by atoms with Gasteiger partial charge in [0.1, 0.15) is 5.56 Å². The highest BCUT2D eigenvalue weighted by molar-refractivity contribution is 5.71. The first-order valence-corrected chi connectivity index (χ1v) is 3.59.